The SMILES string of the molecule is Cc1cc(-n2cccn2)ccc1-c1nccn1Cc1nnnn1-c1ccccc1. The molecule has 29 heavy (non-hydrogen) atoms. The minimum absolute atomic E-state index is 0.511. The number of nitrogens with zero attached hydrogens (tertiary/aromatic N) is 8. The van der Waals surface area contributed by atoms with E-state index < -0.39 is 0 Å². The fourth-order valence-electron chi connectivity index (χ4n) is 3.37. The van der Waals surface area contributed by atoms with Crippen molar-refractivity contribution >= 4 is 0 Å². The fraction of sp³-hybridized carbons (Fsp3) is 0.0952. The molecule has 2 aromatic carbocycles. The van der Waals surface area contributed by atoms with Gasteiger partial charge in [-0.15, -0.1) is 5.10 Å². The zero-order valence-electron chi connectivity index (χ0n) is 15.8. The Bertz CT molecular complexity index is 1230. The van der Waals surface area contributed by atoms with Gasteiger partial charge in [0.1, 0.15) is 5.82 Å². The molecule has 5 aromatic rings. The molecule has 3 aromatic heterocycles. The van der Waals surface area contributed by atoms with Gasteiger partial charge in [-0.05, 0) is 59.3 Å². The predicted octanol–water partition coefficient (Wildman–Crippen LogP) is 3.07. The summed E-state index contributed by atoms with van der Waals surface area (Å²) in [5.74, 6) is 1.61. The Hall–Kier alpha value is -4.07. The highest BCUT2D eigenvalue weighted by molar-refractivity contribution is 5.63. The van der Waals surface area contributed by atoms with E-state index in [1.165, 1.54) is 0 Å². The first-order valence-corrected chi connectivity index (χ1v) is 9.24. The predicted molar refractivity (Wildman–Crippen MR) is 108 cm³/mol. The average Bonchev–Trinajstić information content (AvgIpc) is 3.51. The van der Waals surface area contributed by atoms with E-state index in [1.54, 1.807) is 17.1 Å². The van der Waals surface area contributed by atoms with Crippen LogP contribution in [0.1, 0.15) is 11.4 Å². The second-order valence-corrected chi connectivity index (χ2v) is 6.67. The lowest BCUT2D eigenvalue weighted by Gasteiger charge is -2.11. The molecular weight excluding hydrogens is 364 g/mol. The van der Waals surface area contributed by atoms with Gasteiger partial charge < -0.3 is 4.57 Å². The second-order valence-electron chi connectivity index (χ2n) is 6.67. The molecule has 0 fully saturated rings. The van der Waals surface area contributed by atoms with Gasteiger partial charge in [0.25, 0.3) is 0 Å². The highest BCUT2D eigenvalue weighted by Crippen LogP contribution is 2.25. The minimum atomic E-state index is 0.511. The smallest absolute Gasteiger partial charge is 0.176 e. The van der Waals surface area contributed by atoms with E-state index in [0.29, 0.717) is 6.54 Å². The minimum Gasteiger partial charge on any atom is -0.323 e. The van der Waals surface area contributed by atoms with E-state index in [4.69, 9.17) is 0 Å². The molecule has 0 amide bonds. The lowest BCUT2D eigenvalue weighted by Crippen LogP contribution is -2.09. The molecular formula is C21H18N8. The van der Waals surface area contributed by atoms with Crippen LogP contribution in [0.25, 0.3) is 22.8 Å². The van der Waals surface area contributed by atoms with Crippen LogP contribution in [0.2, 0.25) is 0 Å². The Morgan fingerprint density at radius 3 is 2.59 bits per heavy atom. The lowest BCUT2D eigenvalue weighted by molar-refractivity contribution is 0.704. The molecule has 8 nitrogen and oxygen atoms in total. The molecule has 0 bridgehead atoms. The zero-order chi connectivity index (χ0) is 19.6. The number of tetrazole rings is 1. The van der Waals surface area contributed by atoms with Crippen LogP contribution in [0, 0.1) is 6.92 Å². The van der Waals surface area contributed by atoms with Gasteiger partial charge >= 0.3 is 0 Å². The molecule has 0 atom stereocenters. The summed E-state index contributed by atoms with van der Waals surface area (Å²) in [6.45, 7) is 2.59. The summed E-state index contributed by atoms with van der Waals surface area (Å²) in [5, 5.41) is 16.5. The monoisotopic (exact) mass is 382 g/mol. The Morgan fingerprint density at radius 1 is 0.897 bits per heavy atom. The van der Waals surface area contributed by atoms with E-state index >= 15 is 0 Å². The summed E-state index contributed by atoms with van der Waals surface area (Å²) >= 11 is 0. The van der Waals surface area contributed by atoms with Crippen LogP contribution in [0.3, 0.4) is 0 Å². The first-order chi connectivity index (χ1) is 14.3. The Labute approximate surface area is 167 Å². The van der Waals surface area contributed by atoms with Crippen LogP contribution in [0.4, 0.5) is 0 Å². The third-order valence-corrected chi connectivity index (χ3v) is 4.78. The molecule has 5 rings (SSSR count). The van der Waals surface area contributed by atoms with Crippen molar-refractivity contribution in [1.82, 2.24) is 39.5 Å². The standard InChI is InChI=1S/C21H18N8/c1-16-14-18(28-12-5-10-23-28)8-9-19(16)21-22-11-13-27(21)15-20-24-25-26-29(20)17-6-3-2-4-7-17/h2-14H,15H2,1H3. The maximum Gasteiger partial charge on any atom is 0.176 e. The maximum atomic E-state index is 4.59. The van der Waals surface area contributed by atoms with Crippen molar-refractivity contribution in [3.63, 3.8) is 0 Å². The molecule has 0 saturated carbocycles. The number of hydrogen-bond acceptors (Lipinski definition) is 5. The van der Waals surface area contributed by atoms with Gasteiger partial charge in [-0.25, -0.2) is 9.67 Å². The second kappa shape index (κ2) is 7.16. The van der Waals surface area contributed by atoms with E-state index in [1.807, 2.05) is 59.5 Å². The molecule has 0 radical (unpaired) electrons. The third kappa shape index (κ3) is 3.20. The molecule has 0 saturated heterocycles. The summed E-state index contributed by atoms with van der Waals surface area (Å²) in [7, 11) is 0. The van der Waals surface area contributed by atoms with Gasteiger partial charge in [-0.3, -0.25) is 0 Å². The number of aryl methyl sites for hydroxylation is 1. The van der Waals surface area contributed by atoms with Crippen molar-refractivity contribution in [1.29, 1.82) is 0 Å². The summed E-state index contributed by atoms with van der Waals surface area (Å²) in [4.78, 5) is 4.59. The number of para-hydroxylation sites is 1. The van der Waals surface area contributed by atoms with Crippen LogP contribution < -0.4 is 0 Å². The van der Waals surface area contributed by atoms with E-state index in [-0.39, 0.29) is 0 Å². The Balaban J connectivity index is 1.48. The number of rotatable bonds is 5. The van der Waals surface area contributed by atoms with Gasteiger partial charge in [0.15, 0.2) is 5.82 Å². The van der Waals surface area contributed by atoms with E-state index in [0.717, 1.165) is 34.2 Å². The first kappa shape index (κ1) is 17.1. The van der Waals surface area contributed by atoms with Crippen molar-refractivity contribution in [3.05, 3.63) is 90.8 Å². The largest absolute Gasteiger partial charge is 0.323 e. The summed E-state index contributed by atoms with van der Waals surface area (Å²) in [6.07, 6.45) is 7.44. The number of hydrogen-bond donors (Lipinski definition) is 0. The van der Waals surface area contributed by atoms with Crippen molar-refractivity contribution in [2.75, 3.05) is 0 Å². The quantitative estimate of drug-likeness (QED) is 0.467. The zero-order valence-corrected chi connectivity index (χ0v) is 15.8. The molecule has 0 N–H and O–H groups in total. The van der Waals surface area contributed by atoms with Gasteiger partial charge in [-0.1, -0.05) is 18.2 Å². The fourth-order valence-corrected chi connectivity index (χ4v) is 3.37. The van der Waals surface area contributed by atoms with Gasteiger partial charge in [0, 0.05) is 30.4 Å². The molecule has 0 spiro atoms. The van der Waals surface area contributed by atoms with Crippen LogP contribution in [-0.2, 0) is 6.54 Å². The number of benzene rings is 2. The molecule has 142 valence electrons. The molecule has 0 aliphatic heterocycles. The molecule has 0 unspecified atom stereocenters. The summed E-state index contributed by atoms with van der Waals surface area (Å²) in [5.41, 5.74) is 4.12. The highest BCUT2D eigenvalue weighted by atomic mass is 15.5. The summed E-state index contributed by atoms with van der Waals surface area (Å²) in [6, 6.07) is 18.0. The van der Waals surface area contributed by atoms with E-state index in [2.05, 4.69) is 49.2 Å². The van der Waals surface area contributed by atoms with Gasteiger partial charge in [0.2, 0.25) is 0 Å². The van der Waals surface area contributed by atoms with Crippen LogP contribution in [-0.4, -0.2) is 39.5 Å². The van der Waals surface area contributed by atoms with E-state index in [9.17, 15) is 0 Å². The normalized spacial score (nSPS) is 11.1. The molecule has 3 heterocycles. The first-order valence-electron chi connectivity index (χ1n) is 9.24. The van der Waals surface area contributed by atoms with Crippen LogP contribution >= 0.6 is 0 Å². The maximum absolute atomic E-state index is 4.59. The topological polar surface area (TPSA) is 79.2 Å². The Morgan fingerprint density at radius 2 is 1.79 bits per heavy atom. The van der Waals surface area contributed by atoms with Crippen molar-refractivity contribution in [3.8, 4) is 22.8 Å². The molecule has 0 aliphatic rings. The van der Waals surface area contributed by atoms with Crippen LogP contribution in [0.5, 0.6) is 0 Å². The highest BCUT2D eigenvalue weighted by Gasteiger charge is 2.14. The van der Waals surface area contributed by atoms with Crippen molar-refractivity contribution in [2.24, 2.45) is 0 Å². The third-order valence-electron chi connectivity index (χ3n) is 4.78. The number of imidazole rings is 1. The summed E-state index contributed by atoms with van der Waals surface area (Å²) < 4.78 is 5.65. The lowest BCUT2D eigenvalue weighted by atomic mass is 10.1. The van der Waals surface area contributed by atoms with Gasteiger partial charge in [-0.2, -0.15) is 9.78 Å². The number of aromatic nitrogens is 8. The average molecular weight is 382 g/mol. The van der Waals surface area contributed by atoms with Crippen molar-refractivity contribution < 1.29 is 0 Å². The van der Waals surface area contributed by atoms with Crippen LogP contribution in [0.15, 0.2) is 79.4 Å². The Kier molecular flexibility index (Phi) is 4.21. The van der Waals surface area contributed by atoms with Crippen molar-refractivity contribution in [2.45, 2.75) is 13.5 Å². The van der Waals surface area contributed by atoms with Gasteiger partial charge in [0.05, 0.1) is 17.9 Å². The molecule has 8 heteroatoms. The molecule has 0 aliphatic carbocycles.